The molecule has 1 aliphatic rings. The van der Waals surface area contributed by atoms with Gasteiger partial charge in [-0.2, -0.15) is 0 Å². The average molecular weight is 289 g/mol. The molecule has 118 valence electrons. The molecule has 6 heteroatoms. The van der Waals surface area contributed by atoms with E-state index in [1.165, 1.54) is 0 Å². The van der Waals surface area contributed by atoms with Gasteiger partial charge in [-0.15, -0.1) is 0 Å². The molecule has 4 N–H and O–H groups in total. The van der Waals surface area contributed by atoms with Crippen molar-refractivity contribution in [2.75, 3.05) is 19.8 Å². The van der Waals surface area contributed by atoms with E-state index in [-0.39, 0.29) is 6.61 Å². The summed E-state index contributed by atoms with van der Waals surface area (Å²) < 4.78 is 11.2. The van der Waals surface area contributed by atoms with Gasteiger partial charge in [0.25, 0.3) is 0 Å². The number of hydrogen-bond donors (Lipinski definition) is 4. The van der Waals surface area contributed by atoms with Crippen molar-refractivity contribution in [3.05, 3.63) is 12.2 Å². The number of ether oxygens (including phenoxy) is 2. The highest BCUT2D eigenvalue weighted by Crippen LogP contribution is 2.22. The molecule has 1 heterocycles. The molecule has 0 unspecified atom stereocenters. The first-order valence-corrected chi connectivity index (χ1v) is 7.13. The van der Waals surface area contributed by atoms with Crippen molar-refractivity contribution in [1.82, 2.24) is 5.32 Å². The summed E-state index contributed by atoms with van der Waals surface area (Å²) in [5, 5.41) is 32.3. The van der Waals surface area contributed by atoms with E-state index in [9.17, 15) is 15.3 Å². The van der Waals surface area contributed by atoms with Crippen molar-refractivity contribution >= 4 is 0 Å². The molecule has 0 aliphatic carbocycles. The molecule has 1 saturated heterocycles. The topological polar surface area (TPSA) is 91.2 Å². The van der Waals surface area contributed by atoms with E-state index < -0.39 is 30.6 Å². The second-order valence-electron chi connectivity index (χ2n) is 5.29. The van der Waals surface area contributed by atoms with Gasteiger partial charge in [-0.25, -0.2) is 0 Å². The molecule has 0 saturated carbocycles. The fourth-order valence-electron chi connectivity index (χ4n) is 2.08. The van der Waals surface area contributed by atoms with Gasteiger partial charge in [0.05, 0.1) is 12.6 Å². The Morgan fingerprint density at radius 3 is 2.60 bits per heavy atom. The molecule has 0 aromatic heterocycles. The minimum absolute atomic E-state index is 0.362. The van der Waals surface area contributed by atoms with Gasteiger partial charge in [-0.1, -0.05) is 25.5 Å². The lowest BCUT2D eigenvalue weighted by Crippen LogP contribution is -2.64. The Bertz CT molecular complexity index is 299. The monoisotopic (exact) mass is 289 g/mol. The van der Waals surface area contributed by atoms with Gasteiger partial charge in [0.15, 0.2) is 6.29 Å². The number of hydrogen-bond acceptors (Lipinski definition) is 6. The highest BCUT2D eigenvalue weighted by molar-refractivity contribution is 4.98. The van der Waals surface area contributed by atoms with Gasteiger partial charge >= 0.3 is 0 Å². The number of aliphatic hydroxyl groups is 3. The molecule has 20 heavy (non-hydrogen) atoms. The van der Waals surface area contributed by atoms with Crippen LogP contribution in [0.4, 0.5) is 0 Å². The van der Waals surface area contributed by atoms with Crippen LogP contribution in [0.3, 0.4) is 0 Å². The summed E-state index contributed by atoms with van der Waals surface area (Å²) in [5.41, 5.74) is 0.906. The third-order valence-corrected chi connectivity index (χ3v) is 3.30. The van der Waals surface area contributed by atoms with E-state index in [0.717, 1.165) is 18.4 Å². The first-order chi connectivity index (χ1) is 9.51. The van der Waals surface area contributed by atoms with E-state index in [4.69, 9.17) is 9.47 Å². The van der Waals surface area contributed by atoms with Gasteiger partial charge in [0, 0.05) is 13.2 Å². The number of rotatable bonds is 8. The Morgan fingerprint density at radius 2 is 2.05 bits per heavy atom. The zero-order valence-corrected chi connectivity index (χ0v) is 12.3. The SMILES string of the molecule is C=C(C)CN[C@H]1[C@@H](OCCCC)O[C@H](CO)[C@@H](O)[C@@H]1O. The van der Waals surface area contributed by atoms with Gasteiger partial charge in [0.1, 0.15) is 18.3 Å². The molecule has 1 aliphatic heterocycles. The normalized spacial score (nSPS) is 34.1. The highest BCUT2D eigenvalue weighted by atomic mass is 16.7. The molecule has 5 atom stereocenters. The predicted octanol–water partition coefficient (Wildman–Crippen LogP) is -0.224. The largest absolute Gasteiger partial charge is 0.394 e. The summed E-state index contributed by atoms with van der Waals surface area (Å²) in [5.74, 6) is 0. The van der Waals surface area contributed by atoms with Crippen LogP contribution < -0.4 is 5.32 Å². The van der Waals surface area contributed by atoms with Crippen LogP contribution in [0.2, 0.25) is 0 Å². The number of unbranched alkanes of at least 4 members (excludes halogenated alkanes) is 1. The van der Waals surface area contributed by atoms with Gasteiger partial charge in [0.2, 0.25) is 0 Å². The molecular formula is C14H27NO5. The molecule has 0 spiro atoms. The smallest absolute Gasteiger partial charge is 0.175 e. The zero-order chi connectivity index (χ0) is 15.1. The van der Waals surface area contributed by atoms with Crippen molar-refractivity contribution in [2.45, 2.75) is 57.3 Å². The van der Waals surface area contributed by atoms with E-state index in [2.05, 4.69) is 18.8 Å². The molecule has 1 rings (SSSR count). The Labute approximate surface area is 120 Å². The molecule has 0 radical (unpaired) electrons. The first kappa shape index (κ1) is 17.6. The van der Waals surface area contributed by atoms with Crippen LogP contribution in [0.1, 0.15) is 26.7 Å². The molecule has 1 fully saturated rings. The zero-order valence-electron chi connectivity index (χ0n) is 12.3. The number of aliphatic hydroxyl groups excluding tert-OH is 3. The maximum Gasteiger partial charge on any atom is 0.175 e. The van der Waals surface area contributed by atoms with Crippen molar-refractivity contribution in [2.24, 2.45) is 0 Å². The average Bonchev–Trinajstić information content (AvgIpc) is 2.41. The fourth-order valence-corrected chi connectivity index (χ4v) is 2.08. The number of nitrogens with one attached hydrogen (secondary N) is 1. The molecule has 0 aromatic carbocycles. The second-order valence-corrected chi connectivity index (χ2v) is 5.29. The van der Waals surface area contributed by atoms with Crippen LogP contribution >= 0.6 is 0 Å². The van der Waals surface area contributed by atoms with Gasteiger partial charge in [-0.05, 0) is 13.3 Å². The van der Waals surface area contributed by atoms with E-state index >= 15 is 0 Å². The predicted molar refractivity (Wildman–Crippen MR) is 75.2 cm³/mol. The van der Waals surface area contributed by atoms with E-state index in [1.807, 2.05) is 6.92 Å². The lowest BCUT2D eigenvalue weighted by Gasteiger charge is -2.42. The molecular weight excluding hydrogens is 262 g/mol. The first-order valence-electron chi connectivity index (χ1n) is 7.13. The van der Waals surface area contributed by atoms with E-state index in [0.29, 0.717) is 13.2 Å². The summed E-state index contributed by atoms with van der Waals surface area (Å²) in [6.07, 6.45) is -1.86. The summed E-state index contributed by atoms with van der Waals surface area (Å²) in [6.45, 7) is 8.34. The summed E-state index contributed by atoms with van der Waals surface area (Å²) >= 11 is 0. The second kappa shape index (κ2) is 8.71. The maximum absolute atomic E-state index is 10.2. The maximum atomic E-state index is 10.2. The summed E-state index contributed by atoms with van der Waals surface area (Å²) in [7, 11) is 0. The van der Waals surface area contributed by atoms with Crippen LogP contribution in [0.25, 0.3) is 0 Å². The van der Waals surface area contributed by atoms with Crippen LogP contribution in [-0.2, 0) is 9.47 Å². The summed E-state index contributed by atoms with van der Waals surface area (Å²) in [4.78, 5) is 0. The van der Waals surface area contributed by atoms with Crippen molar-refractivity contribution < 1.29 is 24.8 Å². The Morgan fingerprint density at radius 1 is 1.35 bits per heavy atom. The van der Waals surface area contributed by atoms with Crippen molar-refractivity contribution in [3.63, 3.8) is 0 Å². The quantitative estimate of drug-likeness (QED) is 0.365. The van der Waals surface area contributed by atoms with E-state index in [1.54, 1.807) is 0 Å². The third kappa shape index (κ3) is 4.80. The highest BCUT2D eigenvalue weighted by Gasteiger charge is 2.44. The van der Waals surface area contributed by atoms with Crippen molar-refractivity contribution in [1.29, 1.82) is 0 Å². The molecule has 0 aromatic rings. The fraction of sp³-hybridized carbons (Fsp3) is 0.857. The lowest BCUT2D eigenvalue weighted by atomic mass is 9.97. The Kier molecular flexibility index (Phi) is 7.65. The Hall–Kier alpha value is -0.500. The van der Waals surface area contributed by atoms with Crippen LogP contribution in [0.5, 0.6) is 0 Å². The molecule has 6 nitrogen and oxygen atoms in total. The molecule has 0 bridgehead atoms. The lowest BCUT2D eigenvalue weighted by molar-refractivity contribution is -0.270. The standard InChI is InChI=1S/C14H27NO5/c1-4-5-6-19-14-11(15-7-9(2)3)13(18)12(17)10(8-16)20-14/h10-18H,2,4-8H2,1,3H3/t10-,11-,12-,13-,14+/m1/s1. The minimum Gasteiger partial charge on any atom is -0.394 e. The van der Waals surface area contributed by atoms with Crippen LogP contribution in [0.15, 0.2) is 12.2 Å². The van der Waals surface area contributed by atoms with Crippen LogP contribution in [0, 0.1) is 0 Å². The van der Waals surface area contributed by atoms with Gasteiger partial charge < -0.3 is 30.1 Å². The third-order valence-electron chi connectivity index (χ3n) is 3.30. The minimum atomic E-state index is -1.14. The molecule has 0 amide bonds. The van der Waals surface area contributed by atoms with Crippen molar-refractivity contribution in [3.8, 4) is 0 Å². The van der Waals surface area contributed by atoms with Crippen LogP contribution in [-0.4, -0.2) is 65.7 Å². The summed E-state index contributed by atoms with van der Waals surface area (Å²) in [6, 6.07) is -0.554. The Balaban J connectivity index is 2.68. The van der Waals surface area contributed by atoms with Gasteiger partial charge in [-0.3, -0.25) is 0 Å².